The van der Waals surface area contributed by atoms with Crippen LogP contribution in [-0.2, 0) is 6.54 Å². The molecule has 6 nitrogen and oxygen atoms in total. The highest BCUT2D eigenvalue weighted by Crippen LogP contribution is 2.27. The molecule has 0 unspecified atom stereocenters. The summed E-state index contributed by atoms with van der Waals surface area (Å²) < 4.78 is 7.30. The van der Waals surface area contributed by atoms with Gasteiger partial charge in [-0.25, -0.2) is 0 Å². The monoisotopic (exact) mass is 289 g/mol. The van der Waals surface area contributed by atoms with E-state index in [1.54, 1.807) is 27.9 Å². The van der Waals surface area contributed by atoms with E-state index in [0.29, 0.717) is 31.2 Å². The molecule has 1 aliphatic rings. The standard InChI is InChI=1S/C15H19N3O3/c1-2-6-15(20)10-17(11-15)14(19)13-5-4-12(21-13)9-18-8-3-7-16-18/h3-5,7-8,20H,2,6,9-11H2,1H3. The first-order chi connectivity index (χ1) is 10.1. The zero-order chi connectivity index (χ0) is 14.9. The lowest BCUT2D eigenvalue weighted by Crippen LogP contribution is -2.63. The number of β-amino-alcohol motifs (C(OH)–C–C–N with tert-alkyl or cyclic N) is 1. The van der Waals surface area contributed by atoms with Crippen LogP contribution in [0, 0.1) is 0 Å². The Morgan fingerprint density at radius 1 is 1.48 bits per heavy atom. The average Bonchev–Trinajstić information content (AvgIpc) is 3.07. The highest BCUT2D eigenvalue weighted by molar-refractivity contribution is 5.92. The Hall–Kier alpha value is -2.08. The Morgan fingerprint density at radius 2 is 2.29 bits per heavy atom. The van der Waals surface area contributed by atoms with Crippen LogP contribution in [0.2, 0.25) is 0 Å². The molecule has 1 saturated heterocycles. The molecule has 112 valence electrons. The number of rotatable bonds is 5. The Kier molecular flexibility index (Phi) is 3.55. The number of aliphatic hydroxyl groups is 1. The van der Waals surface area contributed by atoms with E-state index in [-0.39, 0.29) is 5.91 Å². The van der Waals surface area contributed by atoms with E-state index in [2.05, 4.69) is 5.10 Å². The zero-order valence-corrected chi connectivity index (χ0v) is 12.0. The summed E-state index contributed by atoms with van der Waals surface area (Å²) in [5.41, 5.74) is -0.713. The summed E-state index contributed by atoms with van der Waals surface area (Å²) in [5, 5.41) is 14.2. The predicted molar refractivity (Wildman–Crippen MR) is 75.8 cm³/mol. The molecule has 2 aromatic heterocycles. The largest absolute Gasteiger partial charge is 0.454 e. The number of furan rings is 1. The molecule has 0 aromatic carbocycles. The molecule has 1 aliphatic heterocycles. The SMILES string of the molecule is CCCC1(O)CN(C(=O)c2ccc(Cn3cccn3)o2)C1. The van der Waals surface area contributed by atoms with Crippen molar-refractivity contribution in [1.29, 1.82) is 0 Å². The van der Waals surface area contributed by atoms with Gasteiger partial charge >= 0.3 is 0 Å². The third-order valence-electron chi connectivity index (χ3n) is 3.72. The third kappa shape index (κ3) is 2.85. The summed E-state index contributed by atoms with van der Waals surface area (Å²) >= 11 is 0. The van der Waals surface area contributed by atoms with Crippen molar-refractivity contribution in [3.05, 3.63) is 42.1 Å². The van der Waals surface area contributed by atoms with Gasteiger partial charge < -0.3 is 14.4 Å². The highest BCUT2D eigenvalue weighted by atomic mass is 16.4. The average molecular weight is 289 g/mol. The van der Waals surface area contributed by atoms with Gasteiger partial charge in [-0.15, -0.1) is 0 Å². The number of amides is 1. The van der Waals surface area contributed by atoms with E-state index in [4.69, 9.17) is 4.42 Å². The summed E-state index contributed by atoms with van der Waals surface area (Å²) in [4.78, 5) is 13.9. The first kappa shape index (κ1) is 13.9. The molecule has 6 heteroatoms. The van der Waals surface area contributed by atoms with E-state index >= 15 is 0 Å². The van der Waals surface area contributed by atoms with Crippen LogP contribution in [-0.4, -0.2) is 44.4 Å². The van der Waals surface area contributed by atoms with Gasteiger partial charge in [-0.3, -0.25) is 9.48 Å². The van der Waals surface area contributed by atoms with Gasteiger partial charge in [-0.1, -0.05) is 13.3 Å². The van der Waals surface area contributed by atoms with Crippen molar-refractivity contribution in [2.75, 3.05) is 13.1 Å². The van der Waals surface area contributed by atoms with Crippen molar-refractivity contribution in [3.63, 3.8) is 0 Å². The van der Waals surface area contributed by atoms with Crippen molar-refractivity contribution >= 4 is 5.91 Å². The van der Waals surface area contributed by atoms with Crippen LogP contribution in [0.25, 0.3) is 0 Å². The Balaban J connectivity index is 1.60. The molecule has 0 spiro atoms. The van der Waals surface area contributed by atoms with Gasteiger partial charge in [-0.05, 0) is 24.6 Å². The van der Waals surface area contributed by atoms with Gasteiger partial charge in [0.25, 0.3) is 5.91 Å². The first-order valence-corrected chi connectivity index (χ1v) is 7.17. The Morgan fingerprint density at radius 3 is 2.95 bits per heavy atom. The molecule has 0 saturated carbocycles. The number of carbonyl (C=O) groups excluding carboxylic acids is 1. The predicted octanol–water partition coefficient (Wildman–Crippen LogP) is 1.51. The Labute approximate surface area is 123 Å². The molecule has 3 rings (SSSR count). The fourth-order valence-electron chi connectivity index (χ4n) is 2.72. The van der Waals surface area contributed by atoms with Crippen LogP contribution in [0.3, 0.4) is 0 Å². The molecule has 1 amide bonds. The van der Waals surface area contributed by atoms with Gasteiger partial charge in [0, 0.05) is 12.4 Å². The van der Waals surface area contributed by atoms with Crippen LogP contribution in [0.15, 0.2) is 35.0 Å². The number of aromatic nitrogens is 2. The second kappa shape index (κ2) is 5.37. The lowest BCUT2D eigenvalue weighted by atomic mass is 9.89. The zero-order valence-electron chi connectivity index (χ0n) is 12.0. The molecule has 2 aromatic rings. The maximum absolute atomic E-state index is 12.2. The van der Waals surface area contributed by atoms with E-state index in [1.165, 1.54) is 0 Å². The van der Waals surface area contributed by atoms with Crippen molar-refractivity contribution in [1.82, 2.24) is 14.7 Å². The summed E-state index contributed by atoms with van der Waals surface area (Å²) in [6, 6.07) is 5.30. The molecule has 0 bridgehead atoms. The van der Waals surface area contributed by atoms with Gasteiger partial charge in [0.2, 0.25) is 0 Å². The van der Waals surface area contributed by atoms with Crippen molar-refractivity contribution in [2.24, 2.45) is 0 Å². The Bertz CT molecular complexity index is 612. The minimum atomic E-state index is -0.713. The van der Waals surface area contributed by atoms with Crippen LogP contribution >= 0.6 is 0 Å². The molecule has 0 radical (unpaired) electrons. The lowest BCUT2D eigenvalue weighted by molar-refractivity contribution is -0.0868. The lowest BCUT2D eigenvalue weighted by Gasteiger charge is -2.46. The molecule has 3 heterocycles. The number of carbonyl (C=O) groups is 1. The molecule has 21 heavy (non-hydrogen) atoms. The second-order valence-electron chi connectivity index (χ2n) is 5.61. The van der Waals surface area contributed by atoms with Crippen molar-refractivity contribution in [3.8, 4) is 0 Å². The van der Waals surface area contributed by atoms with Gasteiger partial charge in [0.15, 0.2) is 5.76 Å². The number of hydrogen-bond donors (Lipinski definition) is 1. The number of hydrogen-bond acceptors (Lipinski definition) is 4. The van der Waals surface area contributed by atoms with E-state index in [1.807, 2.05) is 19.2 Å². The maximum Gasteiger partial charge on any atom is 0.289 e. The van der Waals surface area contributed by atoms with Crippen LogP contribution in [0.1, 0.15) is 36.1 Å². The van der Waals surface area contributed by atoms with E-state index in [9.17, 15) is 9.90 Å². The van der Waals surface area contributed by atoms with Crippen molar-refractivity contribution < 1.29 is 14.3 Å². The van der Waals surface area contributed by atoms with Crippen LogP contribution in [0.5, 0.6) is 0 Å². The maximum atomic E-state index is 12.2. The first-order valence-electron chi connectivity index (χ1n) is 7.17. The van der Waals surface area contributed by atoms with Crippen LogP contribution in [0.4, 0.5) is 0 Å². The molecule has 0 atom stereocenters. The van der Waals surface area contributed by atoms with E-state index < -0.39 is 5.60 Å². The number of likely N-dealkylation sites (tertiary alicyclic amines) is 1. The quantitative estimate of drug-likeness (QED) is 0.905. The van der Waals surface area contributed by atoms with Crippen LogP contribution < -0.4 is 0 Å². The van der Waals surface area contributed by atoms with Gasteiger partial charge in [0.1, 0.15) is 5.76 Å². The third-order valence-corrected chi connectivity index (χ3v) is 3.72. The smallest absolute Gasteiger partial charge is 0.289 e. The summed E-state index contributed by atoms with van der Waals surface area (Å²) in [6.07, 6.45) is 5.17. The fraction of sp³-hybridized carbons (Fsp3) is 0.467. The molecule has 1 fully saturated rings. The minimum Gasteiger partial charge on any atom is -0.454 e. The second-order valence-corrected chi connectivity index (χ2v) is 5.61. The normalized spacial score (nSPS) is 16.8. The molecular weight excluding hydrogens is 270 g/mol. The molecular formula is C15H19N3O3. The molecule has 0 aliphatic carbocycles. The number of nitrogens with zero attached hydrogens (tertiary/aromatic N) is 3. The van der Waals surface area contributed by atoms with Gasteiger partial charge in [-0.2, -0.15) is 5.10 Å². The highest BCUT2D eigenvalue weighted by Gasteiger charge is 2.43. The minimum absolute atomic E-state index is 0.164. The fourth-order valence-corrected chi connectivity index (χ4v) is 2.72. The topological polar surface area (TPSA) is 71.5 Å². The van der Waals surface area contributed by atoms with Crippen molar-refractivity contribution in [2.45, 2.75) is 31.9 Å². The summed E-state index contributed by atoms with van der Waals surface area (Å²) in [5.74, 6) is 0.838. The summed E-state index contributed by atoms with van der Waals surface area (Å²) in [7, 11) is 0. The molecule has 1 N–H and O–H groups in total. The van der Waals surface area contributed by atoms with Gasteiger partial charge in [0.05, 0.1) is 25.2 Å². The summed E-state index contributed by atoms with van der Waals surface area (Å²) in [6.45, 7) is 3.29. The van der Waals surface area contributed by atoms with E-state index in [0.717, 1.165) is 12.8 Å².